The van der Waals surface area contributed by atoms with Gasteiger partial charge in [-0.25, -0.2) is 4.39 Å². The number of aromatic nitrogens is 2. The highest BCUT2D eigenvalue weighted by atomic mass is 19.1. The molecule has 1 fully saturated rings. The highest BCUT2D eigenvalue weighted by molar-refractivity contribution is 5.94. The second kappa shape index (κ2) is 7.46. The van der Waals surface area contributed by atoms with Gasteiger partial charge in [-0.05, 0) is 37.1 Å². The van der Waals surface area contributed by atoms with Crippen LogP contribution in [-0.4, -0.2) is 54.3 Å². The molecule has 1 saturated heterocycles. The number of nitrogens with zero attached hydrogens (tertiary/aromatic N) is 4. The maximum atomic E-state index is 13.3. The lowest BCUT2D eigenvalue weighted by Crippen LogP contribution is -2.44. The number of amides is 1. The fourth-order valence-corrected chi connectivity index (χ4v) is 2.81. The summed E-state index contributed by atoms with van der Waals surface area (Å²) >= 11 is 0. The molecule has 7 heteroatoms. The third-order valence-corrected chi connectivity index (χ3v) is 4.11. The predicted molar refractivity (Wildman–Crippen MR) is 92.3 cm³/mol. The van der Waals surface area contributed by atoms with Gasteiger partial charge in [-0.3, -0.25) is 4.79 Å². The smallest absolute Gasteiger partial charge is 0.254 e. The van der Waals surface area contributed by atoms with E-state index in [-0.39, 0.29) is 12.0 Å². The van der Waals surface area contributed by atoms with Crippen LogP contribution in [0.25, 0.3) is 0 Å². The van der Waals surface area contributed by atoms with Crippen LogP contribution in [0.15, 0.2) is 36.4 Å². The summed E-state index contributed by atoms with van der Waals surface area (Å²) in [5, 5.41) is 8.15. The highest BCUT2D eigenvalue weighted by Gasteiger charge is 2.26. The van der Waals surface area contributed by atoms with Gasteiger partial charge in [0.05, 0.1) is 6.54 Å². The van der Waals surface area contributed by atoms with E-state index >= 15 is 0 Å². The fraction of sp³-hybridized carbons (Fsp3) is 0.389. The van der Waals surface area contributed by atoms with E-state index in [1.54, 1.807) is 23.1 Å². The second-order valence-corrected chi connectivity index (χ2v) is 6.27. The third-order valence-electron chi connectivity index (χ3n) is 4.11. The standard InChI is InChI=1S/C18H21FN4O2/c1-22(2)16-8-9-17(21-20-16)25-15-7-4-10-23(12-15)18(24)13-5-3-6-14(19)11-13/h3,5-6,8-9,11,15H,4,7,10,12H2,1-2H3. The van der Waals surface area contributed by atoms with E-state index in [1.165, 1.54) is 12.1 Å². The maximum absolute atomic E-state index is 13.3. The number of piperidine rings is 1. The normalized spacial score (nSPS) is 17.2. The van der Waals surface area contributed by atoms with Crippen molar-refractivity contribution in [3.63, 3.8) is 0 Å². The number of carbonyl (C=O) groups is 1. The number of hydrogen-bond donors (Lipinski definition) is 0. The quantitative estimate of drug-likeness (QED) is 0.852. The van der Waals surface area contributed by atoms with Gasteiger partial charge in [-0.2, -0.15) is 0 Å². The van der Waals surface area contributed by atoms with Gasteiger partial charge in [0, 0.05) is 32.3 Å². The van der Waals surface area contributed by atoms with Gasteiger partial charge < -0.3 is 14.5 Å². The monoisotopic (exact) mass is 344 g/mol. The number of rotatable bonds is 4. The van der Waals surface area contributed by atoms with E-state index in [0.29, 0.717) is 24.5 Å². The zero-order valence-corrected chi connectivity index (χ0v) is 14.4. The van der Waals surface area contributed by atoms with Gasteiger partial charge in [0.1, 0.15) is 11.9 Å². The lowest BCUT2D eigenvalue weighted by Gasteiger charge is -2.32. The van der Waals surface area contributed by atoms with Crippen LogP contribution in [0.3, 0.4) is 0 Å². The Labute approximate surface area is 146 Å². The van der Waals surface area contributed by atoms with Crippen LogP contribution in [0.4, 0.5) is 10.2 Å². The molecule has 0 bridgehead atoms. The molecule has 1 aromatic carbocycles. The average Bonchev–Trinajstić information content (AvgIpc) is 2.62. The van der Waals surface area contributed by atoms with Crippen LogP contribution in [0.5, 0.6) is 5.88 Å². The molecule has 6 nitrogen and oxygen atoms in total. The lowest BCUT2D eigenvalue weighted by atomic mass is 10.1. The Morgan fingerprint density at radius 2 is 2.12 bits per heavy atom. The molecule has 0 saturated carbocycles. The summed E-state index contributed by atoms with van der Waals surface area (Å²) in [6.45, 7) is 1.09. The van der Waals surface area contributed by atoms with Crippen molar-refractivity contribution < 1.29 is 13.9 Å². The maximum Gasteiger partial charge on any atom is 0.254 e. The first kappa shape index (κ1) is 17.1. The van der Waals surface area contributed by atoms with Gasteiger partial charge in [0.2, 0.25) is 5.88 Å². The van der Waals surface area contributed by atoms with Gasteiger partial charge in [0.15, 0.2) is 5.82 Å². The van der Waals surface area contributed by atoms with E-state index in [4.69, 9.17) is 4.74 Å². The zero-order chi connectivity index (χ0) is 17.8. The fourth-order valence-electron chi connectivity index (χ4n) is 2.81. The molecule has 0 radical (unpaired) electrons. The number of likely N-dealkylation sites (tertiary alicyclic amines) is 1. The molecule has 1 aromatic heterocycles. The lowest BCUT2D eigenvalue weighted by molar-refractivity contribution is 0.0525. The van der Waals surface area contributed by atoms with E-state index in [9.17, 15) is 9.18 Å². The average molecular weight is 344 g/mol. The molecule has 1 unspecified atom stereocenters. The molecule has 1 aliphatic rings. The number of benzene rings is 1. The summed E-state index contributed by atoms with van der Waals surface area (Å²) < 4.78 is 19.2. The second-order valence-electron chi connectivity index (χ2n) is 6.27. The number of halogens is 1. The number of hydrogen-bond acceptors (Lipinski definition) is 5. The minimum atomic E-state index is -0.410. The third kappa shape index (κ3) is 4.23. The molecule has 1 amide bonds. The molecule has 132 valence electrons. The molecule has 3 rings (SSSR count). The molecule has 25 heavy (non-hydrogen) atoms. The summed E-state index contributed by atoms with van der Waals surface area (Å²) in [6.07, 6.45) is 1.52. The van der Waals surface area contributed by atoms with Crippen molar-refractivity contribution in [2.24, 2.45) is 0 Å². The van der Waals surface area contributed by atoms with Crippen LogP contribution in [0, 0.1) is 5.82 Å². The summed E-state index contributed by atoms with van der Waals surface area (Å²) in [7, 11) is 3.78. The summed E-state index contributed by atoms with van der Waals surface area (Å²) in [4.78, 5) is 16.1. The molecule has 2 aromatic rings. The molecule has 1 atom stereocenters. The Bertz CT molecular complexity index is 736. The van der Waals surface area contributed by atoms with Crippen molar-refractivity contribution in [1.29, 1.82) is 0 Å². The molecule has 2 heterocycles. The summed E-state index contributed by atoms with van der Waals surface area (Å²) in [5.74, 6) is 0.600. The Kier molecular flexibility index (Phi) is 5.11. The zero-order valence-electron chi connectivity index (χ0n) is 14.4. The van der Waals surface area contributed by atoms with Crippen LogP contribution in [0.2, 0.25) is 0 Å². The Morgan fingerprint density at radius 3 is 2.80 bits per heavy atom. The first-order chi connectivity index (χ1) is 12.0. The van der Waals surface area contributed by atoms with Crippen molar-refractivity contribution in [3.05, 3.63) is 47.8 Å². The number of anilines is 1. The molecular formula is C18H21FN4O2. The van der Waals surface area contributed by atoms with Gasteiger partial charge >= 0.3 is 0 Å². The minimum Gasteiger partial charge on any atom is -0.471 e. The largest absolute Gasteiger partial charge is 0.471 e. The first-order valence-corrected chi connectivity index (χ1v) is 8.25. The predicted octanol–water partition coefficient (Wildman–Crippen LogP) is 2.37. The summed E-state index contributed by atoms with van der Waals surface area (Å²) in [5.41, 5.74) is 0.357. The van der Waals surface area contributed by atoms with Gasteiger partial charge in [-0.1, -0.05) is 6.07 Å². The van der Waals surface area contributed by atoms with Crippen LogP contribution in [0.1, 0.15) is 23.2 Å². The van der Waals surface area contributed by atoms with Crippen molar-refractivity contribution in [1.82, 2.24) is 15.1 Å². The Hall–Kier alpha value is -2.70. The first-order valence-electron chi connectivity index (χ1n) is 8.25. The van der Waals surface area contributed by atoms with Crippen LogP contribution in [-0.2, 0) is 0 Å². The Morgan fingerprint density at radius 1 is 1.28 bits per heavy atom. The van der Waals surface area contributed by atoms with E-state index in [2.05, 4.69) is 10.2 Å². The van der Waals surface area contributed by atoms with E-state index in [0.717, 1.165) is 18.7 Å². The topological polar surface area (TPSA) is 58.6 Å². The van der Waals surface area contributed by atoms with Gasteiger partial charge in [-0.15, -0.1) is 10.2 Å². The molecule has 0 aliphatic carbocycles. The Balaban J connectivity index is 1.63. The van der Waals surface area contributed by atoms with Crippen molar-refractivity contribution in [2.75, 3.05) is 32.1 Å². The molecule has 0 N–H and O–H groups in total. The number of ether oxygens (including phenoxy) is 1. The number of carbonyl (C=O) groups excluding carboxylic acids is 1. The van der Waals surface area contributed by atoms with Crippen LogP contribution >= 0.6 is 0 Å². The van der Waals surface area contributed by atoms with Crippen molar-refractivity contribution in [3.8, 4) is 5.88 Å². The van der Waals surface area contributed by atoms with E-state index in [1.807, 2.05) is 25.1 Å². The molecule has 1 aliphatic heterocycles. The highest BCUT2D eigenvalue weighted by Crippen LogP contribution is 2.19. The van der Waals surface area contributed by atoms with E-state index < -0.39 is 5.82 Å². The molecular weight excluding hydrogens is 323 g/mol. The van der Waals surface area contributed by atoms with Gasteiger partial charge in [0.25, 0.3) is 5.91 Å². The van der Waals surface area contributed by atoms with Crippen molar-refractivity contribution in [2.45, 2.75) is 18.9 Å². The van der Waals surface area contributed by atoms with Crippen molar-refractivity contribution >= 4 is 11.7 Å². The summed E-state index contributed by atoms with van der Waals surface area (Å²) in [6, 6.07) is 9.37. The SMILES string of the molecule is CN(C)c1ccc(OC2CCCN(C(=O)c3cccc(F)c3)C2)nn1. The van der Waals surface area contributed by atoms with Crippen LogP contribution < -0.4 is 9.64 Å². The minimum absolute atomic E-state index is 0.147. The molecule has 0 spiro atoms.